The molecule has 0 spiro atoms. The highest BCUT2D eigenvalue weighted by Gasteiger charge is 2.43. The average molecular weight is 491 g/mol. The maximum Gasteiger partial charge on any atom is 0.174 e. The SMILES string of the molecule is COc1ccc(N2C(=S)N[C@H](c3ccccn3)[C@H]2c2cccn2-c2cccc(Cl)c2)c(OC)c1. The van der Waals surface area contributed by atoms with E-state index in [0.717, 1.165) is 22.8 Å². The lowest BCUT2D eigenvalue weighted by Gasteiger charge is -2.30. The van der Waals surface area contributed by atoms with Crippen LogP contribution in [-0.4, -0.2) is 28.9 Å². The summed E-state index contributed by atoms with van der Waals surface area (Å²) in [6, 6.07) is 23.1. The summed E-state index contributed by atoms with van der Waals surface area (Å²) in [6.07, 6.45) is 3.82. The van der Waals surface area contributed by atoms with Crippen molar-refractivity contribution in [1.82, 2.24) is 14.9 Å². The van der Waals surface area contributed by atoms with Gasteiger partial charge in [0.15, 0.2) is 5.11 Å². The number of hydrogen-bond acceptors (Lipinski definition) is 4. The van der Waals surface area contributed by atoms with Crippen LogP contribution in [0.5, 0.6) is 11.5 Å². The summed E-state index contributed by atoms with van der Waals surface area (Å²) in [5.74, 6) is 1.37. The second-order valence-electron chi connectivity index (χ2n) is 7.82. The monoisotopic (exact) mass is 490 g/mol. The van der Waals surface area contributed by atoms with Crippen molar-refractivity contribution in [2.24, 2.45) is 0 Å². The van der Waals surface area contributed by atoms with Gasteiger partial charge in [-0.25, -0.2) is 0 Å². The molecular weight excluding hydrogens is 468 g/mol. The van der Waals surface area contributed by atoms with Crippen LogP contribution in [0.3, 0.4) is 0 Å². The predicted octanol–water partition coefficient (Wildman–Crippen LogP) is 5.72. The molecule has 0 unspecified atom stereocenters. The van der Waals surface area contributed by atoms with E-state index in [1.54, 1.807) is 20.4 Å². The van der Waals surface area contributed by atoms with Crippen LogP contribution in [0.25, 0.3) is 5.69 Å². The highest BCUT2D eigenvalue weighted by atomic mass is 35.5. The van der Waals surface area contributed by atoms with Crippen molar-refractivity contribution in [3.05, 3.63) is 102 Å². The van der Waals surface area contributed by atoms with Gasteiger partial charge >= 0.3 is 0 Å². The number of anilines is 1. The summed E-state index contributed by atoms with van der Waals surface area (Å²) in [7, 11) is 3.28. The number of ether oxygens (including phenoxy) is 2. The molecule has 2 aromatic heterocycles. The quantitative estimate of drug-likeness (QED) is 0.349. The number of pyridine rings is 1. The summed E-state index contributed by atoms with van der Waals surface area (Å²) in [4.78, 5) is 6.73. The maximum absolute atomic E-state index is 6.32. The molecule has 4 aromatic rings. The zero-order valence-electron chi connectivity index (χ0n) is 18.7. The van der Waals surface area contributed by atoms with Crippen molar-refractivity contribution >= 4 is 34.6 Å². The van der Waals surface area contributed by atoms with Crippen molar-refractivity contribution in [2.45, 2.75) is 12.1 Å². The van der Waals surface area contributed by atoms with Gasteiger partial charge in [0.25, 0.3) is 0 Å². The summed E-state index contributed by atoms with van der Waals surface area (Å²) < 4.78 is 13.3. The minimum absolute atomic E-state index is 0.187. The zero-order chi connectivity index (χ0) is 23.7. The van der Waals surface area contributed by atoms with E-state index < -0.39 is 0 Å². The molecule has 1 fully saturated rings. The van der Waals surface area contributed by atoms with Gasteiger partial charge < -0.3 is 24.3 Å². The Balaban J connectivity index is 1.69. The smallest absolute Gasteiger partial charge is 0.174 e. The molecule has 1 saturated heterocycles. The van der Waals surface area contributed by atoms with Gasteiger partial charge in [0.05, 0.1) is 31.6 Å². The van der Waals surface area contributed by atoms with Gasteiger partial charge in [-0.3, -0.25) is 4.98 Å². The van der Waals surface area contributed by atoms with Crippen LogP contribution in [-0.2, 0) is 0 Å². The highest BCUT2D eigenvalue weighted by Crippen LogP contribution is 2.45. The normalized spacial score (nSPS) is 17.5. The minimum Gasteiger partial charge on any atom is -0.497 e. The van der Waals surface area contributed by atoms with Crippen LogP contribution < -0.4 is 19.7 Å². The Kier molecular flexibility index (Phi) is 6.13. The molecule has 5 rings (SSSR count). The molecule has 1 aliphatic rings. The van der Waals surface area contributed by atoms with E-state index in [1.807, 2.05) is 72.9 Å². The first-order valence-electron chi connectivity index (χ1n) is 10.8. The Labute approximate surface area is 208 Å². The first-order chi connectivity index (χ1) is 16.6. The van der Waals surface area contributed by atoms with Gasteiger partial charge in [0.1, 0.15) is 17.5 Å². The van der Waals surface area contributed by atoms with Crippen LogP contribution >= 0.6 is 23.8 Å². The summed E-state index contributed by atoms with van der Waals surface area (Å²) in [6.45, 7) is 0. The third kappa shape index (κ3) is 3.97. The lowest BCUT2D eigenvalue weighted by molar-refractivity contribution is 0.394. The molecule has 6 nitrogen and oxygen atoms in total. The predicted molar refractivity (Wildman–Crippen MR) is 138 cm³/mol. The van der Waals surface area contributed by atoms with Crippen LogP contribution in [0.1, 0.15) is 23.5 Å². The third-order valence-electron chi connectivity index (χ3n) is 5.91. The molecule has 0 aliphatic carbocycles. The van der Waals surface area contributed by atoms with Crippen LogP contribution in [0, 0.1) is 0 Å². The Bertz CT molecular complexity index is 1330. The number of rotatable bonds is 6. The number of methoxy groups -OCH3 is 2. The molecule has 1 N–H and O–H groups in total. The van der Waals surface area contributed by atoms with Crippen molar-refractivity contribution in [1.29, 1.82) is 0 Å². The number of nitrogens with one attached hydrogen (secondary N) is 1. The Hall–Kier alpha value is -3.55. The van der Waals surface area contributed by atoms with Crippen molar-refractivity contribution in [2.75, 3.05) is 19.1 Å². The number of aromatic nitrogens is 2. The van der Waals surface area contributed by atoms with E-state index >= 15 is 0 Å². The molecule has 0 amide bonds. The fourth-order valence-electron chi connectivity index (χ4n) is 4.39. The van der Waals surface area contributed by atoms with Gasteiger partial charge in [-0.1, -0.05) is 23.7 Å². The second kappa shape index (κ2) is 9.37. The number of nitrogens with zero attached hydrogens (tertiary/aromatic N) is 3. The Morgan fingerprint density at radius 1 is 0.971 bits per heavy atom. The Morgan fingerprint density at radius 2 is 1.85 bits per heavy atom. The lowest BCUT2D eigenvalue weighted by atomic mass is 10.0. The van der Waals surface area contributed by atoms with Crippen molar-refractivity contribution < 1.29 is 9.47 Å². The zero-order valence-corrected chi connectivity index (χ0v) is 20.3. The van der Waals surface area contributed by atoms with E-state index in [-0.39, 0.29) is 12.1 Å². The standard InChI is InChI=1S/C26H23ClN4O2S/c1-32-19-11-12-21(23(16-19)33-2)31-25(24(29-26(31)34)20-9-3-4-13-28-20)22-10-6-14-30(22)18-8-5-7-17(27)15-18/h3-16,24-25H,1-2H3,(H,29,34)/t24-,25-/m1/s1. The van der Waals surface area contributed by atoms with Crippen molar-refractivity contribution in [3.63, 3.8) is 0 Å². The lowest BCUT2D eigenvalue weighted by Crippen LogP contribution is -2.30. The molecule has 8 heteroatoms. The largest absolute Gasteiger partial charge is 0.497 e. The topological polar surface area (TPSA) is 51.5 Å². The fraction of sp³-hybridized carbons (Fsp3) is 0.154. The van der Waals surface area contributed by atoms with Gasteiger partial charge in [-0.15, -0.1) is 0 Å². The van der Waals surface area contributed by atoms with Crippen LogP contribution in [0.15, 0.2) is 85.2 Å². The highest BCUT2D eigenvalue weighted by molar-refractivity contribution is 7.80. The molecule has 2 atom stereocenters. The molecule has 1 aliphatic heterocycles. The fourth-order valence-corrected chi connectivity index (χ4v) is 4.92. The number of halogens is 1. The van der Waals surface area contributed by atoms with Gasteiger partial charge in [-0.2, -0.15) is 0 Å². The molecule has 0 saturated carbocycles. The first kappa shape index (κ1) is 22.3. The third-order valence-corrected chi connectivity index (χ3v) is 6.46. The minimum atomic E-state index is -0.210. The molecule has 172 valence electrons. The molecule has 2 aromatic carbocycles. The number of hydrogen-bond donors (Lipinski definition) is 1. The summed E-state index contributed by atoms with van der Waals surface area (Å²) in [5.41, 5.74) is 3.72. The number of thiocarbonyl (C=S) groups is 1. The molecule has 3 heterocycles. The van der Waals surface area contributed by atoms with Gasteiger partial charge in [-0.05, 0) is 66.8 Å². The maximum atomic E-state index is 6.32. The van der Waals surface area contributed by atoms with E-state index in [9.17, 15) is 0 Å². The van der Waals surface area contributed by atoms with Gasteiger partial charge in [0.2, 0.25) is 0 Å². The van der Waals surface area contributed by atoms with E-state index in [0.29, 0.717) is 21.6 Å². The molecule has 34 heavy (non-hydrogen) atoms. The molecule has 0 bridgehead atoms. The summed E-state index contributed by atoms with van der Waals surface area (Å²) in [5, 5.41) is 4.76. The second-order valence-corrected chi connectivity index (χ2v) is 8.64. The van der Waals surface area contributed by atoms with Crippen LogP contribution in [0.4, 0.5) is 5.69 Å². The van der Waals surface area contributed by atoms with Crippen LogP contribution in [0.2, 0.25) is 5.02 Å². The van der Waals surface area contributed by atoms with Crippen molar-refractivity contribution in [3.8, 4) is 17.2 Å². The summed E-state index contributed by atoms with van der Waals surface area (Å²) >= 11 is 12.2. The Morgan fingerprint density at radius 3 is 2.59 bits per heavy atom. The van der Waals surface area contributed by atoms with E-state index in [4.69, 9.17) is 33.3 Å². The van der Waals surface area contributed by atoms with E-state index in [1.165, 1.54) is 0 Å². The molecular formula is C26H23ClN4O2S. The number of benzene rings is 2. The van der Waals surface area contributed by atoms with E-state index in [2.05, 4.69) is 25.8 Å². The van der Waals surface area contributed by atoms with Gasteiger partial charge in [0, 0.05) is 34.9 Å². The molecule has 0 radical (unpaired) electrons. The average Bonchev–Trinajstić information content (AvgIpc) is 3.48. The first-order valence-corrected chi connectivity index (χ1v) is 11.5.